The number of benzene rings is 2. The van der Waals surface area contributed by atoms with Crippen LogP contribution in [0.3, 0.4) is 0 Å². The van der Waals surface area contributed by atoms with Crippen molar-refractivity contribution >= 4 is 28.6 Å². The second-order valence-corrected chi connectivity index (χ2v) is 6.41. The first-order valence-electron chi connectivity index (χ1n) is 9.58. The molecule has 0 saturated carbocycles. The fourth-order valence-electron chi connectivity index (χ4n) is 2.76. The number of ether oxygens (including phenoxy) is 3. The van der Waals surface area contributed by atoms with E-state index in [2.05, 4.69) is 15.3 Å². The molecule has 1 heterocycles. The van der Waals surface area contributed by atoms with Crippen molar-refractivity contribution in [1.29, 1.82) is 0 Å². The van der Waals surface area contributed by atoms with Gasteiger partial charge in [-0.15, -0.1) is 0 Å². The number of aromatic nitrogens is 2. The van der Waals surface area contributed by atoms with Crippen molar-refractivity contribution in [1.82, 2.24) is 9.97 Å². The number of aromatic amines is 2. The minimum Gasteiger partial charge on any atom is -0.490 e. The fraction of sp³-hybridized carbons (Fsp3) is 0.286. The van der Waals surface area contributed by atoms with E-state index in [0.717, 1.165) is 6.42 Å². The molecular weight excluding hydrogens is 390 g/mol. The van der Waals surface area contributed by atoms with Crippen LogP contribution in [-0.2, 0) is 9.53 Å². The second kappa shape index (κ2) is 9.64. The highest BCUT2D eigenvalue weighted by molar-refractivity contribution is 5.96. The highest BCUT2D eigenvalue weighted by Gasteiger charge is 2.15. The number of carbonyl (C=O) groups excluding carboxylic acids is 2. The zero-order chi connectivity index (χ0) is 21.5. The van der Waals surface area contributed by atoms with E-state index < -0.39 is 18.5 Å². The number of amides is 1. The lowest BCUT2D eigenvalue weighted by Crippen LogP contribution is -2.21. The van der Waals surface area contributed by atoms with Gasteiger partial charge in [0.2, 0.25) is 0 Å². The molecule has 3 rings (SSSR count). The van der Waals surface area contributed by atoms with Gasteiger partial charge in [0.05, 0.1) is 29.8 Å². The maximum absolute atomic E-state index is 12.3. The number of anilines is 1. The zero-order valence-corrected chi connectivity index (χ0v) is 16.7. The summed E-state index contributed by atoms with van der Waals surface area (Å²) in [6, 6.07) is 9.64. The summed E-state index contributed by atoms with van der Waals surface area (Å²) in [6.45, 7) is 4.32. The van der Waals surface area contributed by atoms with Crippen molar-refractivity contribution in [2.45, 2.75) is 20.3 Å². The molecule has 0 atom stereocenters. The van der Waals surface area contributed by atoms with Crippen LogP contribution in [0.15, 0.2) is 41.2 Å². The van der Waals surface area contributed by atoms with Gasteiger partial charge in [0.15, 0.2) is 18.1 Å². The van der Waals surface area contributed by atoms with E-state index in [1.165, 1.54) is 6.07 Å². The zero-order valence-electron chi connectivity index (χ0n) is 16.7. The fourth-order valence-corrected chi connectivity index (χ4v) is 2.76. The van der Waals surface area contributed by atoms with Crippen molar-refractivity contribution < 1.29 is 23.8 Å². The minimum absolute atomic E-state index is 0.251. The third-order valence-electron chi connectivity index (χ3n) is 4.08. The molecule has 0 radical (unpaired) electrons. The first-order chi connectivity index (χ1) is 14.5. The molecule has 3 aromatic rings. The summed E-state index contributed by atoms with van der Waals surface area (Å²) < 4.78 is 16.2. The van der Waals surface area contributed by atoms with E-state index >= 15 is 0 Å². The van der Waals surface area contributed by atoms with Crippen LogP contribution in [-0.4, -0.2) is 41.7 Å². The average Bonchev–Trinajstić information content (AvgIpc) is 3.10. The van der Waals surface area contributed by atoms with Gasteiger partial charge >= 0.3 is 11.7 Å². The van der Waals surface area contributed by atoms with E-state index in [4.69, 9.17) is 14.2 Å². The van der Waals surface area contributed by atoms with Crippen LogP contribution < -0.4 is 20.5 Å². The molecule has 0 fully saturated rings. The maximum atomic E-state index is 12.3. The van der Waals surface area contributed by atoms with Crippen LogP contribution in [0.1, 0.15) is 30.6 Å². The number of rotatable bonds is 9. The molecule has 0 unspecified atom stereocenters. The van der Waals surface area contributed by atoms with Gasteiger partial charge in [-0.05, 0) is 49.7 Å². The normalized spacial score (nSPS) is 10.6. The Hall–Kier alpha value is -3.75. The minimum atomic E-state index is -0.654. The Labute approximate surface area is 172 Å². The maximum Gasteiger partial charge on any atom is 0.338 e. The SMILES string of the molecule is CCCOc1ccc(C(=O)OCC(=O)Nc2ccc3[nH]c(=O)[nH]c3c2)cc1OCC. The Kier molecular flexibility index (Phi) is 6.74. The van der Waals surface area contributed by atoms with Crippen molar-refractivity contribution in [3.8, 4) is 11.5 Å². The molecule has 30 heavy (non-hydrogen) atoms. The van der Waals surface area contributed by atoms with Gasteiger partial charge in [-0.3, -0.25) is 4.79 Å². The van der Waals surface area contributed by atoms with Crippen molar-refractivity contribution in [2.75, 3.05) is 25.1 Å². The highest BCUT2D eigenvalue weighted by Crippen LogP contribution is 2.29. The summed E-state index contributed by atoms with van der Waals surface area (Å²) in [5.41, 5.74) is 1.57. The number of nitrogens with one attached hydrogen (secondary N) is 3. The molecule has 0 aliphatic heterocycles. The van der Waals surface area contributed by atoms with E-state index in [0.29, 0.717) is 41.4 Å². The summed E-state index contributed by atoms with van der Waals surface area (Å²) in [6.07, 6.45) is 0.845. The third kappa shape index (κ3) is 5.19. The molecule has 1 amide bonds. The molecule has 0 spiro atoms. The molecule has 9 nitrogen and oxygen atoms in total. The van der Waals surface area contributed by atoms with Crippen LogP contribution in [0.2, 0.25) is 0 Å². The van der Waals surface area contributed by atoms with Gasteiger partial charge < -0.3 is 29.5 Å². The van der Waals surface area contributed by atoms with Gasteiger partial charge in [-0.25, -0.2) is 9.59 Å². The predicted octanol–water partition coefficient (Wildman–Crippen LogP) is 2.84. The molecule has 3 N–H and O–H groups in total. The predicted molar refractivity (Wildman–Crippen MR) is 111 cm³/mol. The van der Waals surface area contributed by atoms with Gasteiger partial charge in [0.25, 0.3) is 5.91 Å². The number of hydrogen-bond donors (Lipinski definition) is 3. The van der Waals surface area contributed by atoms with Crippen molar-refractivity contribution in [3.63, 3.8) is 0 Å². The summed E-state index contributed by atoms with van der Waals surface area (Å²) >= 11 is 0. The Bertz CT molecular complexity index is 1100. The molecule has 9 heteroatoms. The molecule has 0 aliphatic rings. The number of fused-ring (bicyclic) bond motifs is 1. The van der Waals surface area contributed by atoms with Crippen LogP contribution in [0.5, 0.6) is 11.5 Å². The van der Waals surface area contributed by atoms with Gasteiger partial charge in [0.1, 0.15) is 0 Å². The second-order valence-electron chi connectivity index (χ2n) is 6.41. The third-order valence-corrected chi connectivity index (χ3v) is 4.08. The number of H-pyrrole nitrogens is 2. The lowest BCUT2D eigenvalue weighted by atomic mass is 10.2. The highest BCUT2D eigenvalue weighted by atomic mass is 16.5. The lowest BCUT2D eigenvalue weighted by molar-refractivity contribution is -0.119. The topological polar surface area (TPSA) is 123 Å². The van der Waals surface area contributed by atoms with Crippen LogP contribution in [0.4, 0.5) is 5.69 Å². The molecule has 0 saturated heterocycles. The van der Waals surface area contributed by atoms with Gasteiger partial charge in [-0.1, -0.05) is 6.92 Å². The average molecular weight is 413 g/mol. The van der Waals surface area contributed by atoms with Gasteiger partial charge in [0, 0.05) is 5.69 Å². The molecule has 158 valence electrons. The summed E-state index contributed by atoms with van der Waals surface area (Å²) in [5.74, 6) is -0.170. The first-order valence-corrected chi connectivity index (χ1v) is 9.58. The number of esters is 1. The van der Waals surface area contributed by atoms with Crippen LogP contribution in [0, 0.1) is 0 Å². The lowest BCUT2D eigenvalue weighted by Gasteiger charge is -2.13. The standard InChI is InChI=1S/C21H23N3O6/c1-3-9-29-17-8-5-13(10-18(17)28-4-2)20(26)30-12-19(25)22-14-6-7-15-16(11-14)24-21(27)23-15/h5-8,10-11H,3-4,9,12H2,1-2H3,(H,22,25)(H2,23,24,27). The summed E-state index contributed by atoms with van der Waals surface area (Å²) in [4.78, 5) is 41.0. The quantitative estimate of drug-likeness (QED) is 0.464. The van der Waals surface area contributed by atoms with Crippen LogP contribution >= 0.6 is 0 Å². The molecular formula is C21H23N3O6. The number of carbonyl (C=O) groups is 2. The smallest absolute Gasteiger partial charge is 0.338 e. The van der Waals surface area contributed by atoms with E-state index in [1.54, 1.807) is 30.3 Å². The Morgan fingerprint density at radius 1 is 0.967 bits per heavy atom. The number of imidazole rings is 1. The monoisotopic (exact) mass is 413 g/mol. The van der Waals surface area contributed by atoms with Crippen molar-refractivity contribution in [3.05, 3.63) is 52.4 Å². The Morgan fingerprint density at radius 3 is 2.53 bits per heavy atom. The first kappa shape index (κ1) is 21.0. The van der Waals surface area contributed by atoms with E-state index in [1.807, 2.05) is 13.8 Å². The van der Waals surface area contributed by atoms with Crippen molar-refractivity contribution in [2.24, 2.45) is 0 Å². The molecule has 0 aliphatic carbocycles. The molecule has 1 aromatic heterocycles. The Balaban J connectivity index is 1.60. The van der Waals surface area contributed by atoms with E-state index in [-0.39, 0.29) is 11.3 Å². The van der Waals surface area contributed by atoms with Crippen LogP contribution in [0.25, 0.3) is 11.0 Å². The Morgan fingerprint density at radius 2 is 1.77 bits per heavy atom. The summed E-state index contributed by atoms with van der Waals surface area (Å²) in [5, 5.41) is 2.62. The van der Waals surface area contributed by atoms with E-state index in [9.17, 15) is 14.4 Å². The van der Waals surface area contributed by atoms with Gasteiger partial charge in [-0.2, -0.15) is 0 Å². The molecule has 0 bridgehead atoms. The largest absolute Gasteiger partial charge is 0.490 e. The number of hydrogen-bond acceptors (Lipinski definition) is 6. The molecule has 2 aromatic carbocycles. The summed E-state index contributed by atoms with van der Waals surface area (Å²) in [7, 11) is 0.